The second-order valence-corrected chi connectivity index (χ2v) is 8.15. The van der Waals surface area contributed by atoms with E-state index in [0.29, 0.717) is 30.8 Å². The van der Waals surface area contributed by atoms with Crippen molar-refractivity contribution < 1.29 is 19.1 Å². The van der Waals surface area contributed by atoms with Crippen LogP contribution in [-0.2, 0) is 25.7 Å². The molecule has 0 atom stereocenters. The minimum atomic E-state index is -0.866. The van der Waals surface area contributed by atoms with Crippen molar-refractivity contribution in [2.75, 3.05) is 30.4 Å². The van der Waals surface area contributed by atoms with Crippen molar-refractivity contribution in [1.82, 2.24) is 4.90 Å². The molecule has 0 bridgehead atoms. The molecule has 0 aromatic heterocycles. The number of anilines is 2. The summed E-state index contributed by atoms with van der Waals surface area (Å²) < 4.78 is 4.84. The molecular weight excluding hydrogens is 394 g/mol. The molecule has 2 aliphatic rings. The fourth-order valence-corrected chi connectivity index (χ4v) is 4.65. The van der Waals surface area contributed by atoms with Crippen LogP contribution in [0.1, 0.15) is 31.2 Å². The Bertz CT molecular complexity index is 970. The average molecular weight is 421 g/mol. The maximum Gasteiger partial charge on any atom is 0.319 e. The summed E-state index contributed by atoms with van der Waals surface area (Å²) in [6.07, 6.45) is 3.06. The summed E-state index contributed by atoms with van der Waals surface area (Å²) in [5.74, 6) is -0.722. The number of carbonyl (C=O) groups is 3. The van der Waals surface area contributed by atoms with Gasteiger partial charge in [0.05, 0.1) is 31.6 Å². The van der Waals surface area contributed by atoms with Gasteiger partial charge in [0, 0.05) is 6.54 Å². The number of para-hydroxylation sites is 2. The van der Waals surface area contributed by atoms with Gasteiger partial charge in [0.1, 0.15) is 5.54 Å². The summed E-state index contributed by atoms with van der Waals surface area (Å²) in [6.45, 7) is 0.426. The predicted octanol–water partition coefficient (Wildman–Crippen LogP) is 2.96. The van der Waals surface area contributed by atoms with Crippen LogP contribution in [0, 0.1) is 0 Å². The Morgan fingerprint density at radius 2 is 1.71 bits per heavy atom. The molecule has 31 heavy (non-hydrogen) atoms. The molecule has 1 spiro atoms. The molecule has 1 aliphatic carbocycles. The van der Waals surface area contributed by atoms with Crippen molar-refractivity contribution in [2.24, 2.45) is 0 Å². The number of ether oxygens (including phenoxy) is 1. The zero-order valence-electron chi connectivity index (χ0n) is 17.7. The number of methoxy groups -OCH3 is 1. The second-order valence-electron chi connectivity index (χ2n) is 8.15. The first kappa shape index (κ1) is 21.1. The lowest BCUT2D eigenvalue weighted by Gasteiger charge is -2.45. The molecule has 0 radical (unpaired) electrons. The van der Waals surface area contributed by atoms with Crippen LogP contribution in [0.2, 0.25) is 0 Å². The largest absolute Gasteiger partial charge is 0.468 e. The van der Waals surface area contributed by atoms with Gasteiger partial charge in [-0.3, -0.25) is 24.2 Å². The first-order valence-electron chi connectivity index (χ1n) is 10.6. The smallest absolute Gasteiger partial charge is 0.319 e. The summed E-state index contributed by atoms with van der Waals surface area (Å²) in [7, 11) is 1.34. The van der Waals surface area contributed by atoms with Gasteiger partial charge in [0.15, 0.2) is 0 Å². The number of rotatable bonds is 6. The Labute approximate surface area is 182 Å². The monoisotopic (exact) mass is 421 g/mol. The van der Waals surface area contributed by atoms with Crippen LogP contribution in [0.3, 0.4) is 0 Å². The third kappa shape index (κ3) is 4.18. The van der Waals surface area contributed by atoms with E-state index in [4.69, 9.17) is 4.74 Å². The van der Waals surface area contributed by atoms with Crippen molar-refractivity contribution in [2.45, 2.75) is 37.8 Å². The molecule has 0 unspecified atom stereocenters. The fourth-order valence-electron chi connectivity index (χ4n) is 4.65. The summed E-state index contributed by atoms with van der Waals surface area (Å²) in [5.41, 5.74) is 1.48. The second kappa shape index (κ2) is 8.89. The zero-order chi connectivity index (χ0) is 21.8. The normalized spacial score (nSPS) is 16.8. The van der Waals surface area contributed by atoms with E-state index in [9.17, 15) is 14.4 Å². The third-order valence-corrected chi connectivity index (χ3v) is 6.11. The van der Waals surface area contributed by atoms with Crippen LogP contribution in [0.4, 0.5) is 11.4 Å². The molecule has 7 nitrogen and oxygen atoms in total. The lowest BCUT2D eigenvalue weighted by atomic mass is 9.89. The van der Waals surface area contributed by atoms with Crippen LogP contribution < -0.4 is 10.2 Å². The Morgan fingerprint density at radius 1 is 1.03 bits per heavy atom. The molecular formula is C24H27N3O4. The third-order valence-electron chi connectivity index (χ3n) is 6.11. The van der Waals surface area contributed by atoms with Gasteiger partial charge in [-0.05, 0) is 30.5 Å². The zero-order valence-corrected chi connectivity index (χ0v) is 17.7. The highest BCUT2D eigenvalue weighted by Crippen LogP contribution is 2.45. The molecule has 1 fully saturated rings. The topological polar surface area (TPSA) is 79.0 Å². The number of nitrogens with zero attached hydrogens (tertiary/aromatic N) is 2. The molecule has 1 saturated carbocycles. The van der Waals surface area contributed by atoms with Gasteiger partial charge in [0.25, 0.3) is 5.91 Å². The lowest BCUT2D eigenvalue weighted by Crippen LogP contribution is -2.62. The number of hydrogen-bond acceptors (Lipinski definition) is 5. The van der Waals surface area contributed by atoms with Gasteiger partial charge in [-0.2, -0.15) is 0 Å². The highest BCUT2D eigenvalue weighted by Gasteiger charge is 2.52. The molecule has 1 N–H and O–H groups in total. The maximum absolute atomic E-state index is 13.7. The lowest BCUT2D eigenvalue weighted by molar-refractivity contribution is -0.142. The van der Waals surface area contributed by atoms with Crippen molar-refractivity contribution >= 4 is 29.2 Å². The van der Waals surface area contributed by atoms with E-state index < -0.39 is 11.5 Å². The number of esters is 1. The molecule has 4 rings (SSSR count). The number of nitrogens with one attached hydrogen (secondary N) is 1. The molecule has 2 amide bonds. The van der Waals surface area contributed by atoms with Crippen molar-refractivity contribution in [3.05, 3.63) is 60.2 Å². The standard InChI is InChI=1S/C24H27N3O4/c1-31-22(29)17-26(15-18-9-3-2-4-10-18)16-21(28)27-20-12-6-5-11-19(20)25-23(30)24(27)13-7-8-14-24/h2-6,9-12H,7-8,13-17H2,1H3,(H,25,30). The summed E-state index contributed by atoms with van der Waals surface area (Å²) >= 11 is 0. The number of hydrogen-bond donors (Lipinski definition) is 1. The average Bonchev–Trinajstić information content (AvgIpc) is 3.25. The molecule has 2 aromatic carbocycles. The molecule has 2 aromatic rings. The van der Waals surface area contributed by atoms with Gasteiger partial charge in [-0.15, -0.1) is 0 Å². The first-order chi connectivity index (χ1) is 15.0. The number of fused-ring (bicyclic) bond motifs is 1. The Balaban J connectivity index is 1.64. The van der Waals surface area contributed by atoms with Crippen molar-refractivity contribution in [3.8, 4) is 0 Å². The summed E-state index contributed by atoms with van der Waals surface area (Å²) in [5, 5.41) is 2.99. The van der Waals surface area contributed by atoms with E-state index in [1.165, 1.54) is 7.11 Å². The van der Waals surface area contributed by atoms with Gasteiger partial charge < -0.3 is 10.1 Å². The Hall–Kier alpha value is -3.19. The van der Waals surface area contributed by atoms with Crippen LogP contribution in [-0.4, -0.2) is 48.4 Å². The van der Waals surface area contributed by atoms with E-state index in [-0.39, 0.29) is 24.9 Å². The molecule has 7 heteroatoms. The maximum atomic E-state index is 13.7. The van der Waals surface area contributed by atoms with Crippen molar-refractivity contribution in [3.63, 3.8) is 0 Å². The SMILES string of the molecule is COC(=O)CN(CC(=O)N1c2ccccc2NC(=O)C12CCCC2)Cc1ccccc1. The molecule has 1 aliphatic heterocycles. The van der Waals surface area contributed by atoms with Crippen molar-refractivity contribution in [1.29, 1.82) is 0 Å². The van der Waals surface area contributed by atoms with Crippen LogP contribution >= 0.6 is 0 Å². The fraction of sp³-hybridized carbons (Fsp3) is 0.375. The van der Waals surface area contributed by atoms with Crippen LogP contribution in [0.15, 0.2) is 54.6 Å². The van der Waals surface area contributed by atoms with E-state index in [1.54, 1.807) is 9.80 Å². The Kier molecular flexibility index (Phi) is 6.04. The predicted molar refractivity (Wildman–Crippen MR) is 117 cm³/mol. The van der Waals surface area contributed by atoms with E-state index in [0.717, 1.165) is 18.4 Å². The van der Waals surface area contributed by atoms with Gasteiger partial charge in [-0.25, -0.2) is 0 Å². The van der Waals surface area contributed by atoms with Gasteiger partial charge in [-0.1, -0.05) is 55.3 Å². The first-order valence-corrected chi connectivity index (χ1v) is 10.6. The number of amides is 2. The molecule has 0 saturated heterocycles. The number of carbonyl (C=O) groups excluding carboxylic acids is 3. The molecule has 162 valence electrons. The summed E-state index contributed by atoms with van der Waals surface area (Å²) in [4.78, 5) is 42.3. The number of benzene rings is 2. The Morgan fingerprint density at radius 3 is 2.42 bits per heavy atom. The molecule has 1 heterocycles. The quantitative estimate of drug-likeness (QED) is 0.726. The minimum absolute atomic E-state index is 0.00730. The van der Waals surface area contributed by atoms with E-state index in [1.807, 2.05) is 54.6 Å². The van der Waals surface area contributed by atoms with E-state index in [2.05, 4.69) is 5.32 Å². The highest BCUT2D eigenvalue weighted by atomic mass is 16.5. The van der Waals surface area contributed by atoms with Crippen LogP contribution in [0.25, 0.3) is 0 Å². The van der Waals surface area contributed by atoms with Gasteiger partial charge >= 0.3 is 5.97 Å². The minimum Gasteiger partial charge on any atom is -0.468 e. The highest BCUT2D eigenvalue weighted by molar-refractivity contribution is 6.15. The summed E-state index contributed by atoms with van der Waals surface area (Å²) in [6, 6.07) is 17.1. The van der Waals surface area contributed by atoms with E-state index >= 15 is 0 Å². The van der Waals surface area contributed by atoms with Crippen LogP contribution in [0.5, 0.6) is 0 Å². The van der Waals surface area contributed by atoms with Gasteiger partial charge in [0.2, 0.25) is 5.91 Å².